The third kappa shape index (κ3) is 11.0. The highest BCUT2D eigenvalue weighted by atomic mass is 16.6. The first-order chi connectivity index (χ1) is 10.5. The Morgan fingerprint density at radius 3 is 2.22 bits per heavy atom. The quantitative estimate of drug-likeness (QED) is 0.588. The third-order valence-electron chi connectivity index (χ3n) is 2.43. The molecule has 0 aromatic heterocycles. The van der Waals surface area contributed by atoms with Crippen LogP contribution in [-0.2, 0) is 19.1 Å². The molecule has 0 heterocycles. The van der Waals surface area contributed by atoms with Gasteiger partial charge in [-0.1, -0.05) is 6.92 Å². The lowest BCUT2D eigenvalue weighted by molar-refractivity contribution is -0.144. The molecule has 0 aromatic rings. The number of nitrogens with zero attached hydrogens (tertiary/aromatic N) is 1. The standard InChI is InChI=1S/C14H25N3O6/c1-5-11(19)17(9-7-12(20)21)16-10(18)6-8-15-13(22)23-14(2,3)4/h5-9H2,1-4H3,(H,15,22)(H,16,18)(H,20,21). The summed E-state index contributed by atoms with van der Waals surface area (Å²) in [6, 6.07) is 0. The van der Waals surface area contributed by atoms with Crippen molar-refractivity contribution in [3.8, 4) is 0 Å². The Kier molecular flexibility index (Phi) is 8.67. The monoisotopic (exact) mass is 331 g/mol. The first kappa shape index (κ1) is 20.7. The van der Waals surface area contributed by atoms with Gasteiger partial charge >= 0.3 is 12.1 Å². The molecule has 0 spiro atoms. The number of carboxylic acids is 1. The summed E-state index contributed by atoms with van der Waals surface area (Å²) >= 11 is 0. The molecule has 0 aromatic carbocycles. The van der Waals surface area contributed by atoms with Gasteiger partial charge in [-0.3, -0.25) is 24.8 Å². The lowest BCUT2D eigenvalue weighted by Crippen LogP contribution is -2.47. The van der Waals surface area contributed by atoms with Crippen molar-refractivity contribution >= 4 is 23.9 Å². The van der Waals surface area contributed by atoms with Crippen LogP contribution in [0.5, 0.6) is 0 Å². The van der Waals surface area contributed by atoms with Crippen molar-refractivity contribution in [1.82, 2.24) is 15.8 Å². The van der Waals surface area contributed by atoms with Crippen molar-refractivity contribution in [3.05, 3.63) is 0 Å². The van der Waals surface area contributed by atoms with Crippen LogP contribution in [0.1, 0.15) is 47.0 Å². The van der Waals surface area contributed by atoms with Crippen molar-refractivity contribution in [2.45, 2.75) is 52.6 Å². The molecule has 9 heteroatoms. The molecule has 0 aliphatic heterocycles. The number of carbonyl (C=O) groups is 4. The first-order valence-electron chi connectivity index (χ1n) is 7.33. The number of hydrogen-bond donors (Lipinski definition) is 3. The zero-order valence-corrected chi connectivity index (χ0v) is 14.0. The van der Waals surface area contributed by atoms with Crippen LogP contribution >= 0.6 is 0 Å². The van der Waals surface area contributed by atoms with Crippen molar-refractivity contribution < 1.29 is 29.0 Å². The number of rotatable bonds is 7. The minimum atomic E-state index is -1.07. The highest BCUT2D eigenvalue weighted by Gasteiger charge is 2.18. The molecule has 132 valence electrons. The van der Waals surface area contributed by atoms with Crippen LogP contribution in [-0.4, -0.2) is 52.7 Å². The SMILES string of the molecule is CCC(=O)N(CCC(=O)O)NC(=O)CCNC(=O)OC(C)(C)C. The number of aliphatic carboxylic acids is 1. The largest absolute Gasteiger partial charge is 0.481 e. The van der Waals surface area contributed by atoms with Crippen molar-refractivity contribution in [2.75, 3.05) is 13.1 Å². The van der Waals surface area contributed by atoms with Gasteiger partial charge in [0.05, 0.1) is 13.0 Å². The van der Waals surface area contributed by atoms with E-state index in [2.05, 4.69) is 10.7 Å². The summed E-state index contributed by atoms with van der Waals surface area (Å²) in [7, 11) is 0. The summed E-state index contributed by atoms with van der Waals surface area (Å²) in [5.74, 6) is -1.97. The Bertz CT molecular complexity index is 444. The van der Waals surface area contributed by atoms with Gasteiger partial charge in [0.1, 0.15) is 5.60 Å². The summed E-state index contributed by atoms with van der Waals surface area (Å²) in [6.07, 6.45) is -0.851. The Balaban J connectivity index is 4.24. The smallest absolute Gasteiger partial charge is 0.407 e. The molecule has 9 nitrogen and oxygen atoms in total. The molecule has 0 saturated carbocycles. The molecular formula is C14H25N3O6. The molecule has 23 heavy (non-hydrogen) atoms. The molecule has 0 rings (SSSR count). The zero-order chi connectivity index (χ0) is 18.0. The van der Waals surface area contributed by atoms with Crippen molar-refractivity contribution in [2.24, 2.45) is 0 Å². The predicted octanol–water partition coefficient (Wildman–Crippen LogP) is 0.646. The minimum Gasteiger partial charge on any atom is -0.481 e. The van der Waals surface area contributed by atoms with Gasteiger partial charge < -0.3 is 15.2 Å². The highest BCUT2D eigenvalue weighted by Crippen LogP contribution is 2.06. The summed E-state index contributed by atoms with van der Waals surface area (Å²) in [4.78, 5) is 45.3. The number of carbonyl (C=O) groups excluding carboxylic acids is 3. The number of amides is 3. The van der Waals surface area contributed by atoms with Gasteiger partial charge in [-0.25, -0.2) is 4.79 Å². The molecule has 0 saturated heterocycles. The fourth-order valence-electron chi connectivity index (χ4n) is 1.44. The second-order valence-electron chi connectivity index (χ2n) is 5.76. The van der Waals surface area contributed by atoms with E-state index in [-0.39, 0.29) is 38.3 Å². The Morgan fingerprint density at radius 1 is 1.13 bits per heavy atom. The predicted molar refractivity (Wildman–Crippen MR) is 81.3 cm³/mol. The molecule has 0 atom stereocenters. The van der Waals surface area contributed by atoms with Gasteiger partial charge in [0.25, 0.3) is 0 Å². The van der Waals surface area contributed by atoms with E-state index in [1.807, 2.05) is 0 Å². The van der Waals surface area contributed by atoms with E-state index in [0.29, 0.717) is 0 Å². The Morgan fingerprint density at radius 2 is 1.74 bits per heavy atom. The van der Waals surface area contributed by atoms with E-state index < -0.39 is 23.6 Å². The second kappa shape index (κ2) is 9.65. The number of ether oxygens (including phenoxy) is 1. The molecule has 0 radical (unpaired) electrons. The second-order valence-corrected chi connectivity index (χ2v) is 5.76. The summed E-state index contributed by atoms with van der Waals surface area (Å²) in [6.45, 7) is 6.68. The molecule has 0 unspecified atom stereocenters. The molecule has 0 fully saturated rings. The maximum Gasteiger partial charge on any atom is 0.407 e. The molecule has 0 bridgehead atoms. The van der Waals surface area contributed by atoms with Crippen molar-refractivity contribution in [3.63, 3.8) is 0 Å². The Hall–Kier alpha value is -2.32. The van der Waals surface area contributed by atoms with Crippen LogP contribution in [0, 0.1) is 0 Å². The number of hydrazine groups is 1. The van der Waals surface area contributed by atoms with Crippen LogP contribution in [0.4, 0.5) is 4.79 Å². The number of alkyl carbamates (subject to hydrolysis) is 1. The minimum absolute atomic E-state index is 0.0355. The van der Waals surface area contributed by atoms with E-state index in [0.717, 1.165) is 5.01 Å². The van der Waals surface area contributed by atoms with Gasteiger partial charge in [-0.2, -0.15) is 0 Å². The lowest BCUT2D eigenvalue weighted by atomic mass is 10.2. The van der Waals surface area contributed by atoms with Crippen LogP contribution in [0.25, 0.3) is 0 Å². The average molecular weight is 331 g/mol. The van der Waals surface area contributed by atoms with Gasteiger partial charge in [0.15, 0.2) is 0 Å². The van der Waals surface area contributed by atoms with Gasteiger partial charge in [-0.05, 0) is 20.8 Å². The average Bonchev–Trinajstić information content (AvgIpc) is 2.40. The third-order valence-corrected chi connectivity index (χ3v) is 2.43. The highest BCUT2D eigenvalue weighted by molar-refractivity contribution is 5.82. The normalized spacial score (nSPS) is 10.6. The Labute approximate surface area is 135 Å². The molecule has 0 aliphatic carbocycles. The molecule has 3 N–H and O–H groups in total. The van der Waals surface area contributed by atoms with Gasteiger partial charge in [0, 0.05) is 19.4 Å². The number of nitrogens with one attached hydrogen (secondary N) is 2. The number of hydrogen-bond acceptors (Lipinski definition) is 5. The molecule has 3 amide bonds. The van der Waals surface area contributed by atoms with Gasteiger partial charge in [0.2, 0.25) is 11.8 Å². The fourth-order valence-corrected chi connectivity index (χ4v) is 1.44. The van der Waals surface area contributed by atoms with E-state index in [9.17, 15) is 19.2 Å². The number of carboxylic acid groups (broad SMARTS) is 1. The van der Waals surface area contributed by atoms with Crippen LogP contribution in [0.15, 0.2) is 0 Å². The van der Waals surface area contributed by atoms with Crippen LogP contribution < -0.4 is 10.7 Å². The maximum atomic E-state index is 11.7. The van der Waals surface area contributed by atoms with Crippen LogP contribution in [0.2, 0.25) is 0 Å². The lowest BCUT2D eigenvalue weighted by Gasteiger charge is -2.22. The van der Waals surface area contributed by atoms with E-state index in [1.165, 1.54) is 0 Å². The van der Waals surface area contributed by atoms with Crippen LogP contribution in [0.3, 0.4) is 0 Å². The summed E-state index contributed by atoms with van der Waals surface area (Å²) in [5, 5.41) is 12.0. The molecule has 0 aliphatic rings. The van der Waals surface area contributed by atoms with E-state index in [1.54, 1.807) is 27.7 Å². The molecular weight excluding hydrogens is 306 g/mol. The maximum absolute atomic E-state index is 11.7. The topological polar surface area (TPSA) is 125 Å². The van der Waals surface area contributed by atoms with Crippen molar-refractivity contribution in [1.29, 1.82) is 0 Å². The first-order valence-corrected chi connectivity index (χ1v) is 7.33. The fraction of sp³-hybridized carbons (Fsp3) is 0.714. The summed E-state index contributed by atoms with van der Waals surface area (Å²) < 4.78 is 5.01. The van der Waals surface area contributed by atoms with E-state index in [4.69, 9.17) is 9.84 Å². The van der Waals surface area contributed by atoms with E-state index >= 15 is 0 Å². The zero-order valence-electron chi connectivity index (χ0n) is 14.0. The van der Waals surface area contributed by atoms with Gasteiger partial charge in [-0.15, -0.1) is 0 Å². The summed E-state index contributed by atoms with van der Waals surface area (Å²) in [5.41, 5.74) is 1.70.